The van der Waals surface area contributed by atoms with E-state index < -0.39 is 0 Å². The molecule has 0 aliphatic rings. The van der Waals surface area contributed by atoms with Crippen LogP contribution in [-0.2, 0) is 0 Å². The molecule has 20 heavy (non-hydrogen) atoms. The Morgan fingerprint density at radius 1 is 1.35 bits per heavy atom. The Hall–Kier alpha value is -1.88. The standard InChI is InChI=1S/C15H21N3O2/c1-9(2)7-12(16)15-17-14(18-20-15)11-6-5-10(3)8-13(11)19-4/h5-6,8-9,12H,7,16H2,1-4H3/t12-/m0/s1. The van der Waals surface area contributed by atoms with E-state index in [-0.39, 0.29) is 6.04 Å². The van der Waals surface area contributed by atoms with Gasteiger partial charge in [-0.3, -0.25) is 0 Å². The Bertz CT molecular complexity index is 578. The van der Waals surface area contributed by atoms with E-state index in [0.29, 0.717) is 17.6 Å². The van der Waals surface area contributed by atoms with Gasteiger partial charge in [0.15, 0.2) is 0 Å². The molecule has 0 saturated heterocycles. The molecule has 0 unspecified atom stereocenters. The van der Waals surface area contributed by atoms with E-state index in [1.807, 2.05) is 25.1 Å². The first-order valence-corrected chi connectivity index (χ1v) is 6.75. The Balaban J connectivity index is 2.29. The maximum atomic E-state index is 6.05. The number of ether oxygens (including phenoxy) is 1. The smallest absolute Gasteiger partial charge is 0.243 e. The van der Waals surface area contributed by atoms with E-state index in [2.05, 4.69) is 24.0 Å². The van der Waals surface area contributed by atoms with E-state index in [1.54, 1.807) is 7.11 Å². The van der Waals surface area contributed by atoms with Crippen LogP contribution < -0.4 is 10.5 Å². The summed E-state index contributed by atoms with van der Waals surface area (Å²) in [5.74, 6) is 2.19. The van der Waals surface area contributed by atoms with Crippen molar-refractivity contribution in [2.45, 2.75) is 33.2 Å². The van der Waals surface area contributed by atoms with E-state index in [0.717, 1.165) is 23.3 Å². The van der Waals surface area contributed by atoms with E-state index in [9.17, 15) is 0 Å². The zero-order valence-corrected chi connectivity index (χ0v) is 12.4. The van der Waals surface area contributed by atoms with Crippen LogP contribution in [0, 0.1) is 12.8 Å². The van der Waals surface area contributed by atoms with Crippen LogP contribution in [0.4, 0.5) is 0 Å². The fourth-order valence-corrected chi connectivity index (χ4v) is 2.09. The SMILES string of the molecule is COc1cc(C)ccc1-c1noc([C@@H](N)CC(C)C)n1. The normalized spacial score (nSPS) is 12.7. The lowest BCUT2D eigenvalue weighted by Gasteiger charge is -2.08. The summed E-state index contributed by atoms with van der Waals surface area (Å²) in [4.78, 5) is 4.39. The van der Waals surface area contributed by atoms with Crippen LogP contribution in [0.3, 0.4) is 0 Å². The summed E-state index contributed by atoms with van der Waals surface area (Å²) in [5.41, 5.74) is 7.98. The zero-order chi connectivity index (χ0) is 14.7. The van der Waals surface area contributed by atoms with Crippen molar-refractivity contribution in [3.05, 3.63) is 29.7 Å². The van der Waals surface area contributed by atoms with Gasteiger partial charge in [-0.2, -0.15) is 4.98 Å². The molecule has 2 rings (SSSR count). The second-order valence-corrected chi connectivity index (χ2v) is 5.40. The molecular weight excluding hydrogens is 254 g/mol. The number of rotatable bonds is 5. The molecule has 0 aliphatic carbocycles. The van der Waals surface area contributed by atoms with Gasteiger partial charge in [0.25, 0.3) is 0 Å². The first-order chi connectivity index (χ1) is 9.51. The quantitative estimate of drug-likeness (QED) is 0.907. The molecule has 5 nitrogen and oxygen atoms in total. The Morgan fingerprint density at radius 2 is 2.10 bits per heavy atom. The molecule has 1 heterocycles. The van der Waals surface area contributed by atoms with Crippen LogP contribution in [-0.4, -0.2) is 17.3 Å². The minimum absolute atomic E-state index is 0.229. The van der Waals surface area contributed by atoms with Crippen LogP contribution in [0.2, 0.25) is 0 Å². The van der Waals surface area contributed by atoms with Gasteiger partial charge in [-0.1, -0.05) is 25.1 Å². The lowest BCUT2D eigenvalue weighted by Crippen LogP contribution is -2.13. The second-order valence-electron chi connectivity index (χ2n) is 5.40. The van der Waals surface area contributed by atoms with Gasteiger partial charge >= 0.3 is 0 Å². The van der Waals surface area contributed by atoms with Crippen molar-refractivity contribution in [1.29, 1.82) is 0 Å². The number of aryl methyl sites for hydroxylation is 1. The largest absolute Gasteiger partial charge is 0.496 e. The summed E-state index contributed by atoms with van der Waals surface area (Å²) in [6.45, 7) is 6.23. The molecule has 0 fully saturated rings. The molecule has 1 atom stereocenters. The number of benzene rings is 1. The minimum Gasteiger partial charge on any atom is -0.496 e. The highest BCUT2D eigenvalue weighted by atomic mass is 16.5. The number of methoxy groups -OCH3 is 1. The van der Waals surface area contributed by atoms with E-state index >= 15 is 0 Å². The van der Waals surface area contributed by atoms with Gasteiger partial charge < -0.3 is 15.0 Å². The molecule has 2 N–H and O–H groups in total. The minimum atomic E-state index is -0.229. The monoisotopic (exact) mass is 275 g/mol. The van der Waals surface area contributed by atoms with Gasteiger partial charge in [-0.05, 0) is 37.0 Å². The first-order valence-electron chi connectivity index (χ1n) is 6.75. The van der Waals surface area contributed by atoms with Crippen molar-refractivity contribution < 1.29 is 9.26 Å². The van der Waals surface area contributed by atoms with Crippen LogP contribution in [0.15, 0.2) is 22.7 Å². The predicted molar refractivity (Wildman–Crippen MR) is 77.4 cm³/mol. The molecule has 0 saturated carbocycles. The van der Waals surface area contributed by atoms with Crippen molar-refractivity contribution >= 4 is 0 Å². The first kappa shape index (κ1) is 14.5. The summed E-state index contributed by atoms with van der Waals surface area (Å²) in [6, 6.07) is 5.63. The summed E-state index contributed by atoms with van der Waals surface area (Å²) in [6.07, 6.45) is 0.812. The van der Waals surface area contributed by atoms with Gasteiger partial charge in [-0.25, -0.2) is 0 Å². The molecule has 1 aromatic heterocycles. The molecule has 0 amide bonds. The maximum absolute atomic E-state index is 6.05. The molecular formula is C15H21N3O2. The number of hydrogen-bond acceptors (Lipinski definition) is 5. The Labute approximate surface area is 119 Å². The lowest BCUT2D eigenvalue weighted by molar-refractivity contribution is 0.335. The lowest BCUT2D eigenvalue weighted by atomic mass is 10.0. The topological polar surface area (TPSA) is 74.2 Å². The zero-order valence-electron chi connectivity index (χ0n) is 12.4. The van der Waals surface area contributed by atoms with Crippen molar-refractivity contribution in [3.8, 4) is 17.1 Å². The number of nitrogens with two attached hydrogens (primary N) is 1. The molecule has 0 spiro atoms. The van der Waals surface area contributed by atoms with Crippen LogP contribution in [0.25, 0.3) is 11.4 Å². The highest BCUT2D eigenvalue weighted by molar-refractivity contribution is 5.64. The van der Waals surface area contributed by atoms with Crippen LogP contribution >= 0.6 is 0 Å². The van der Waals surface area contributed by atoms with Gasteiger partial charge in [0.2, 0.25) is 11.7 Å². The van der Waals surface area contributed by atoms with Gasteiger partial charge in [-0.15, -0.1) is 0 Å². The van der Waals surface area contributed by atoms with Crippen LogP contribution in [0.1, 0.15) is 37.8 Å². The third-order valence-electron chi connectivity index (χ3n) is 3.08. The van der Waals surface area contributed by atoms with Crippen molar-refractivity contribution in [2.24, 2.45) is 11.7 Å². The highest BCUT2D eigenvalue weighted by Crippen LogP contribution is 2.29. The van der Waals surface area contributed by atoms with Crippen molar-refractivity contribution in [2.75, 3.05) is 7.11 Å². The third kappa shape index (κ3) is 3.17. The molecule has 2 aromatic rings. The molecule has 0 aliphatic heterocycles. The fraction of sp³-hybridized carbons (Fsp3) is 0.467. The molecule has 0 bridgehead atoms. The molecule has 1 aromatic carbocycles. The van der Waals surface area contributed by atoms with Crippen molar-refractivity contribution in [3.63, 3.8) is 0 Å². The average Bonchev–Trinajstić information content (AvgIpc) is 2.87. The highest BCUT2D eigenvalue weighted by Gasteiger charge is 2.18. The third-order valence-corrected chi connectivity index (χ3v) is 3.08. The number of aromatic nitrogens is 2. The Kier molecular flexibility index (Phi) is 4.39. The fourth-order valence-electron chi connectivity index (χ4n) is 2.09. The summed E-state index contributed by atoms with van der Waals surface area (Å²) < 4.78 is 10.6. The summed E-state index contributed by atoms with van der Waals surface area (Å²) in [5, 5.41) is 4.01. The molecule has 5 heteroatoms. The van der Waals surface area contributed by atoms with Crippen molar-refractivity contribution in [1.82, 2.24) is 10.1 Å². The van der Waals surface area contributed by atoms with E-state index in [4.69, 9.17) is 15.0 Å². The Morgan fingerprint density at radius 3 is 2.75 bits per heavy atom. The molecule has 108 valence electrons. The summed E-state index contributed by atoms with van der Waals surface area (Å²) >= 11 is 0. The van der Waals surface area contributed by atoms with Gasteiger partial charge in [0.1, 0.15) is 5.75 Å². The van der Waals surface area contributed by atoms with E-state index in [1.165, 1.54) is 0 Å². The van der Waals surface area contributed by atoms with Crippen LogP contribution in [0.5, 0.6) is 5.75 Å². The average molecular weight is 275 g/mol. The van der Waals surface area contributed by atoms with Gasteiger partial charge in [0.05, 0.1) is 18.7 Å². The molecule has 0 radical (unpaired) electrons. The summed E-state index contributed by atoms with van der Waals surface area (Å²) in [7, 11) is 1.63. The van der Waals surface area contributed by atoms with Gasteiger partial charge in [0, 0.05) is 0 Å². The maximum Gasteiger partial charge on any atom is 0.243 e. The number of nitrogens with zero attached hydrogens (tertiary/aromatic N) is 2. The predicted octanol–water partition coefficient (Wildman–Crippen LogP) is 3.10. The second kappa shape index (κ2) is 6.05. The number of hydrogen-bond donors (Lipinski definition) is 1.